The monoisotopic (exact) mass is 134 g/mol. The normalized spacial score (nSPS) is 16.8. The van der Waals surface area contributed by atoms with Gasteiger partial charge >= 0.3 is 0 Å². The molecule has 0 aromatic heterocycles. The molecular formula is C6H11FO2. The lowest BCUT2D eigenvalue weighted by molar-refractivity contribution is -0.111. The Morgan fingerprint density at radius 3 is 2.67 bits per heavy atom. The molecule has 3 heteroatoms. The molecule has 0 saturated carbocycles. The minimum Gasteiger partial charge on any atom is -0.381 e. The number of carbonyl (C=O) groups is 1. The van der Waals surface area contributed by atoms with Crippen LogP contribution >= 0.6 is 0 Å². The van der Waals surface area contributed by atoms with Gasteiger partial charge in [-0.1, -0.05) is 0 Å². The van der Waals surface area contributed by atoms with Gasteiger partial charge in [-0.15, -0.1) is 0 Å². The van der Waals surface area contributed by atoms with Crippen LogP contribution in [0.2, 0.25) is 0 Å². The predicted molar refractivity (Wildman–Crippen MR) is 32.1 cm³/mol. The highest BCUT2D eigenvalue weighted by Gasteiger charge is 2.21. The van der Waals surface area contributed by atoms with Gasteiger partial charge in [0, 0.05) is 13.5 Å². The van der Waals surface area contributed by atoms with Crippen molar-refractivity contribution in [1.29, 1.82) is 0 Å². The molecule has 0 heterocycles. The van der Waals surface area contributed by atoms with Crippen LogP contribution in [-0.2, 0) is 9.53 Å². The van der Waals surface area contributed by atoms with E-state index in [0.29, 0.717) is 6.29 Å². The Morgan fingerprint density at radius 2 is 2.33 bits per heavy atom. The third kappa shape index (κ3) is 4.09. The van der Waals surface area contributed by atoms with Crippen LogP contribution in [0.5, 0.6) is 0 Å². The predicted octanol–water partition coefficient (Wildman–Crippen LogP) is 0.950. The molecule has 0 N–H and O–H groups in total. The van der Waals surface area contributed by atoms with E-state index in [1.54, 1.807) is 0 Å². The molecule has 9 heavy (non-hydrogen) atoms. The minimum absolute atomic E-state index is 0.0221. The van der Waals surface area contributed by atoms with Gasteiger partial charge in [0.15, 0.2) is 0 Å². The van der Waals surface area contributed by atoms with Crippen LogP contribution in [0.4, 0.5) is 4.39 Å². The molecule has 0 aromatic rings. The van der Waals surface area contributed by atoms with Crippen molar-refractivity contribution < 1.29 is 13.9 Å². The first-order chi connectivity index (χ1) is 4.12. The zero-order valence-corrected chi connectivity index (χ0v) is 5.69. The molecule has 0 saturated heterocycles. The summed E-state index contributed by atoms with van der Waals surface area (Å²) in [6, 6.07) is 0. The molecule has 0 radical (unpaired) electrons. The maximum absolute atomic E-state index is 12.7. The van der Waals surface area contributed by atoms with Gasteiger partial charge in [-0.2, -0.15) is 0 Å². The highest BCUT2D eigenvalue weighted by molar-refractivity contribution is 5.51. The maximum atomic E-state index is 12.7. The molecule has 0 rings (SSSR count). The molecule has 0 aliphatic heterocycles. The van der Waals surface area contributed by atoms with Crippen molar-refractivity contribution in [1.82, 2.24) is 0 Å². The molecule has 0 aliphatic rings. The van der Waals surface area contributed by atoms with E-state index in [2.05, 4.69) is 4.74 Å². The van der Waals surface area contributed by atoms with Gasteiger partial charge < -0.3 is 9.53 Å². The van der Waals surface area contributed by atoms with Crippen LogP contribution in [0.15, 0.2) is 0 Å². The average molecular weight is 134 g/mol. The summed E-state index contributed by atoms with van der Waals surface area (Å²) in [5.74, 6) is 0. The Hall–Kier alpha value is -0.440. The second-order valence-electron chi connectivity index (χ2n) is 2.22. The number of alkyl halides is 1. The number of aldehydes is 1. The summed E-state index contributed by atoms with van der Waals surface area (Å²) in [6.45, 7) is 1.32. The fourth-order valence-corrected chi connectivity index (χ4v) is 0.534. The van der Waals surface area contributed by atoms with E-state index in [-0.39, 0.29) is 13.0 Å². The van der Waals surface area contributed by atoms with Crippen molar-refractivity contribution in [2.24, 2.45) is 0 Å². The second kappa shape index (κ2) is 3.56. The fraction of sp³-hybridized carbons (Fsp3) is 0.833. The van der Waals surface area contributed by atoms with Gasteiger partial charge in [0.05, 0.1) is 6.61 Å². The minimum atomic E-state index is -1.49. The molecule has 1 unspecified atom stereocenters. The highest BCUT2D eigenvalue weighted by Crippen LogP contribution is 2.12. The Bertz CT molecular complexity index is 91.1. The van der Waals surface area contributed by atoms with Crippen LogP contribution in [-0.4, -0.2) is 25.7 Å². The van der Waals surface area contributed by atoms with E-state index in [1.807, 2.05) is 0 Å². The van der Waals surface area contributed by atoms with Gasteiger partial charge in [-0.25, -0.2) is 4.39 Å². The first-order valence-electron chi connectivity index (χ1n) is 2.74. The topological polar surface area (TPSA) is 26.3 Å². The van der Waals surface area contributed by atoms with Gasteiger partial charge in [0.1, 0.15) is 12.0 Å². The van der Waals surface area contributed by atoms with E-state index in [0.717, 1.165) is 0 Å². The lowest BCUT2D eigenvalue weighted by Crippen LogP contribution is -2.24. The van der Waals surface area contributed by atoms with Crippen molar-refractivity contribution in [3.63, 3.8) is 0 Å². The molecule has 0 spiro atoms. The Morgan fingerprint density at radius 1 is 1.78 bits per heavy atom. The zero-order chi connectivity index (χ0) is 7.33. The van der Waals surface area contributed by atoms with E-state index in [1.165, 1.54) is 14.0 Å². The first-order valence-corrected chi connectivity index (χ1v) is 2.74. The third-order valence-electron chi connectivity index (χ3n) is 0.954. The maximum Gasteiger partial charge on any atom is 0.138 e. The van der Waals surface area contributed by atoms with Gasteiger partial charge in [0.2, 0.25) is 0 Å². The lowest BCUT2D eigenvalue weighted by atomic mass is 10.1. The molecule has 0 aromatic carbocycles. The molecular weight excluding hydrogens is 123 g/mol. The first kappa shape index (κ1) is 8.56. The Labute approximate surface area is 54.0 Å². The zero-order valence-electron chi connectivity index (χ0n) is 5.69. The third-order valence-corrected chi connectivity index (χ3v) is 0.954. The number of hydrogen-bond donors (Lipinski definition) is 0. The number of halogens is 1. The van der Waals surface area contributed by atoms with Crippen molar-refractivity contribution >= 4 is 6.29 Å². The largest absolute Gasteiger partial charge is 0.381 e. The number of rotatable bonds is 4. The molecule has 0 bridgehead atoms. The summed E-state index contributed by atoms with van der Waals surface area (Å²) in [5.41, 5.74) is -1.49. The molecule has 2 nitrogen and oxygen atoms in total. The number of ether oxygens (including phenoxy) is 1. The number of hydrogen-bond acceptors (Lipinski definition) is 2. The summed E-state index contributed by atoms with van der Waals surface area (Å²) in [4.78, 5) is 9.80. The number of carbonyl (C=O) groups excluding carboxylic acids is 1. The standard InChI is InChI=1S/C6H11FO2/c1-6(7,3-4-8)5-9-2/h4H,3,5H2,1-2H3. The van der Waals surface area contributed by atoms with Crippen LogP contribution in [0.3, 0.4) is 0 Å². The summed E-state index contributed by atoms with van der Waals surface area (Å²) < 4.78 is 17.3. The van der Waals surface area contributed by atoms with E-state index in [9.17, 15) is 9.18 Å². The van der Waals surface area contributed by atoms with Crippen LogP contribution < -0.4 is 0 Å². The molecule has 0 fully saturated rings. The SMILES string of the molecule is COCC(C)(F)CC=O. The molecule has 0 amide bonds. The second-order valence-corrected chi connectivity index (χ2v) is 2.22. The lowest BCUT2D eigenvalue weighted by Gasteiger charge is -2.14. The smallest absolute Gasteiger partial charge is 0.138 e. The van der Waals surface area contributed by atoms with Gasteiger partial charge in [0.25, 0.3) is 0 Å². The van der Waals surface area contributed by atoms with Crippen molar-refractivity contribution in [3.8, 4) is 0 Å². The summed E-state index contributed by atoms with van der Waals surface area (Å²) in [7, 11) is 1.41. The van der Waals surface area contributed by atoms with E-state index >= 15 is 0 Å². The van der Waals surface area contributed by atoms with Crippen LogP contribution in [0, 0.1) is 0 Å². The summed E-state index contributed by atoms with van der Waals surface area (Å²) in [5, 5.41) is 0. The van der Waals surface area contributed by atoms with Crippen LogP contribution in [0.1, 0.15) is 13.3 Å². The van der Waals surface area contributed by atoms with E-state index < -0.39 is 5.67 Å². The van der Waals surface area contributed by atoms with Crippen molar-refractivity contribution in [3.05, 3.63) is 0 Å². The van der Waals surface area contributed by atoms with Crippen LogP contribution in [0.25, 0.3) is 0 Å². The van der Waals surface area contributed by atoms with E-state index in [4.69, 9.17) is 0 Å². The fourth-order valence-electron chi connectivity index (χ4n) is 0.534. The van der Waals surface area contributed by atoms with Gasteiger partial charge in [-0.3, -0.25) is 0 Å². The highest BCUT2D eigenvalue weighted by atomic mass is 19.1. The molecule has 0 aliphatic carbocycles. The van der Waals surface area contributed by atoms with Gasteiger partial charge in [-0.05, 0) is 6.92 Å². The Kier molecular flexibility index (Phi) is 3.39. The summed E-state index contributed by atoms with van der Waals surface area (Å²) in [6.07, 6.45) is 0.458. The summed E-state index contributed by atoms with van der Waals surface area (Å²) >= 11 is 0. The Balaban J connectivity index is 3.55. The molecule has 1 atom stereocenters. The van der Waals surface area contributed by atoms with Crippen molar-refractivity contribution in [2.75, 3.05) is 13.7 Å². The van der Waals surface area contributed by atoms with Crippen molar-refractivity contribution in [2.45, 2.75) is 19.0 Å². The number of methoxy groups -OCH3 is 1. The quantitative estimate of drug-likeness (QED) is 0.535. The average Bonchev–Trinajstić information content (AvgIpc) is 1.64. The molecule has 54 valence electrons.